The van der Waals surface area contributed by atoms with E-state index in [1.807, 2.05) is 0 Å². The zero-order chi connectivity index (χ0) is 14.4. The Balaban J connectivity index is 1.92. The maximum absolute atomic E-state index is 3.63. The van der Waals surface area contributed by atoms with Gasteiger partial charge in [0.15, 0.2) is 0 Å². The highest BCUT2D eigenvalue weighted by Crippen LogP contribution is 2.29. The Bertz CT molecular complexity index is 391. The number of nitrogens with zero attached hydrogens (tertiary/aromatic N) is 1. The van der Waals surface area contributed by atoms with E-state index in [-0.39, 0.29) is 0 Å². The van der Waals surface area contributed by atoms with E-state index in [2.05, 4.69) is 55.3 Å². The topological polar surface area (TPSA) is 15.3 Å². The summed E-state index contributed by atoms with van der Waals surface area (Å²) in [7, 11) is 0. The van der Waals surface area contributed by atoms with E-state index in [1.165, 1.54) is 36.9 Å². The van der Waals surface area contributed by atoms with Crippen LogP contribution in [0.1, 0.15) is 51.2 Å². The second-order valence-corrected chi connectivity index (χ2v) is 6.65. The fraction of sp³-hybridized carbons (Fsp3) is 0.667. The highest BCUT2D eigenvalue weighted by molar-refractivity contribution is 5.30. The van der Waals surface area contributed by atoms with Crippen molar-refractivity contribution in [3.63, 3.8) is 0 Å². The van der Waals surface area contributed by atoms with E-state index < -0.39 is 0 Å². The minimum atomic E-state index is 0.395. The van der Waals surface area contributed by atoms with Crippen molar-refractivity contribution in [2.75, 3.05) is 19.6 Å². The number of nitrogens with one attached hydrogen (secondary N) is 1. The second-order valence-electron chi connectivity index (χ2n) is 6.65. The summed E-state index contributed by atoms with van der Waals surface area (Å²) in [6, 6.07) is 8.89. The SMILES string of the molecule is CCCNCC(C)(CCC)CN1Cc2ccccc2C1. The van der Waals surface area contributed by atoms with Crippen LogP contribution >= 0.6 is 0 Å². The third kappa shape index (κ3) is 4.07. The summed E-state index contributed by atoms with van der Waals surface area (Å²) in [6.07, 6.45) is 3.79. The molecule has 0 bridgehead atoms. The van der Waals surface area contributed by atoms with Gasteiger partial charge in [0.1, 0.15) is 0 Å². The number of hydrogen-bond acceptors (Lipinski definition) is 2. The average Bonchev–Trinajstić information content (AvgIpc) is 2.80. The summed E-state index contributed by atoms with van der Waals surface area (Å²) in [6.45, 7) is 12.7. The van der Waals surface area contributed by atoms with E-state index in [1.54, 1.807) is 0 Å². The molecule has 1 aromatic rings. The zero-order valence-electron chi connectivity index (χ0n) is 13.4. The van der Waals surface area contributed by atoms with Gasteiger partial charge in [0.05, 0.1) is 0 Å². The van der Waals surface area contributed by atoms with Gasteiger partial charge in [-0.05, 0) is 35.9 Å². The first kappa shape index (κ1) is 15.5. The Hall–Kier alpha value is -0.860. The van der Waals surface area contributed by atoms with Crippen molar-refractivity contribution in [2.45, 2.75) is 53.1 Å². The first-order valence-corrected chi connectivity index (χ1v) is 8.17. The molecule has 0 radical (unpaired) electrons. The molecular formula is C18H30N2. The lowest BCUT2D eigenvalue weighted by Gasteiger charge is -2.34. The highest BCUT2D eigenvalue weighted by atomic mass is 15.1. The highest BCUT2D eigenvalue weighted by Gasteiger charge is 2.28. The minimum Gasteiger partial charge on any atom is -0.316 e. The van der Waals surface area contributed by atoms with Crippen molar-refractivity contribution in [1.29, 1.82) is 0 Å². The van der Waals surface area contributed by atoms with Gasteiger partial charge in [0, 0.05) is 26.2 Å². The first-order valence-electron chi connectivity index (χ1n) is 8.17. The number of hydrogen-bond donors (Lipinski definition) is 1. The largest absolute Gasteiger partial charge is 0.316 e. The summed E-state index contributed by atoms with van der Waals surface area (Å²) >= 11 is 0. The molecule has 1 heterocycles. The molecule has 2 heteroatoms. The molecule has 0 fully saturated rings. The molecule has 1 aromatic carbocycles. The molecule has 2 rings (SSSR count). The summed E-state index contributed by atoms with van der Waals surface area (Å²) in [5.74, 6) is 0. The molecule has 0 saturated heterocycles. The van der Waals surface area contributed by atoms with Gasteiger partial charge >= 0.3 is 0 Å². The molecule has 0 amide bonds. The Kier molecular flexibility index (Phi) is 5.62. The van der Waals surface area contributed by atoms with Crippen LogP contribution in [0.5, 0.6) is 0 Å². The molecule has 1 aliphatic rings. The smallest absolute Gasteiger partial charge is 0.0240 e. The van der Waals surface area contributed by atoms with E-state index in [0.29, 0.717) is 5.41 Å². The van der Waals surface area contributed by atoms with Gasteiger partial charge in [-0.1, -0.05) is 51.5 Å². The van der Waals surface area contributed by atoms with Crippen LogP contribution in [-0.4, -0.2) is 24.5 Å². The van der Waals surface area contributed by atoms with Crippen LogP contribution in [0.15, 0.2) is 24.3 Å². The summed E-state index contributed by atoms with van der Waals surface area (Å²) < 4.78 is 0. The van der Waals surface area contributed by atoms with Crippen molar-refractivity contribution in [2.24, 2.45) is 5.41 Å². The predicted octanol–water partition coefficient (Wildman–Crippen LogP) is 3.81. The summed E-state index contributed by atoms with van der Waals surface area (Å²) in [5.41, 5.74) is 3.44. The van der Waals surface area contributed by atoms with Gasteiger partial charge in [-0.2, -0.15) is 0 Å². The Morgan fingerprint density at radius 2 is 1.75 bits per heavy atom. The molecule has 0 aliphatic carbocycles. The molecule has 0 saturated carbocycles. The molecule has 1 N–H and O–H groups in total. The average molecular weight is 274 g/mol. The summed E-state index contributed by atoms with van der Waals surface area (Å²) in [5, 5.41) is 3.63. The van der Waals surface area contributed by atoms with E-state index in [9.17, 15) is 0 Å². The summed E-state index contributed by atoms with van der Waals surface area (Å²) in [4.78, 5) is 2.62. The van der Waals surface area contributed by atoms with Gasteiger partial charge in [0.2, 0.25) is 0 Å². The van der Waals surface area contributed by atoms with E-state index >= 15 is 0 Å². The van der Waals surface area contributed by atoms with E-state index in [4.69, 9.17) is 0 Å². The van der Waals surface area contributed by atoms with Crippen molar-refractivity contribution >= 4 is 0 Å². The van der Waals surface area contributed by atoms with Crippen LogP contribution < -0.4 is 5.32 Å². The van der Waals surface area contributed by atoms with Crippen molar-refractivity contribution in [3.8, 4) is 0 Å². The lowest BCUT2D eigenvalue weighted by molar-refractivity contribution is 0.149. The Morgan fingerprint density at radius 3 is 2.30 bits per heavy atom. The van der Waals surface area contributed by atoms with Gasteiger partial charge in [-0.3, -0.25) is 4.90 Å². The number of benzene rings is 1. The minimum absolute atomic E-state index is 0.395. The van der Waals surface area contributed by atoms with Crippen LogP contribution in [0.3, 0.4) is 0 Å². The molecule has 1 aliphatic heterocycles. The van der Waals surface area contributed by atoms with Crippen molar-refractivity contribution in [1.82, 2.24) is 10.2 Å². The lowest BCUT2D eigenvalue weighted by Crippen LogP contribution is -2.40. The molecular weight excluding hydrogens is 244 g/mol. The molecule has 0 spiro atoms. The van der Waals surface area contributed by atoms with Crippen LogP contribution in [0.2, 0.25) is 0 Å². The maximum Gasteiger partial charge on any atom is 0.0240 e. The fourth-order valence-corrected chi connectivity index (χ4v) is 3.45. The molecule has 1 unspecified atom stereocenters. The molecule has 112 valence electrons. The Labute approximate surface area is 124 Å². The standard InChI is InChI=1S/C18H30N2/c1-4-10-18(3,14-19-11-5-2)15-20-12-16-8-6-7-9-17(16)13-20/h6-9,19H,4-5,10-15H2,1-3H3. The monoisotopic (exact) mass is 274 g/mol. The Morgan fingerprint density at radius 1 is 1.10 bits per heavy atom. The van der Waals surface area contributed by atoms with Crippen molar-refractivity contribution < 1.29 is 0 Å². The fourth-order valence-electron chi connectivity index (χ4n) is 3.45. The van der Waals surface area contributed by atoms with Crippen LogP contribution in [0.4, 0.5) is 0 Å². The van der Waals surface area contributed by atoms with Crippen LogP contribution in [-0.2, 0) is 13.1 Å². The normalized spacial score (nSPS) is 17.9. The lowest BCUT2D eigenvalue weighted by atomic mass is 9.84. The number of fused-ring (bicyclic) bond motifs is 1. The zero-order valence-corrected chi connectivity index (χ0v) is 13.4. The van der Waals surface area contributed by atoms with Gasteiger partial charge < -0.3 is 5.32 Å². The maximum atomic E-state index is 3.63. The molecule has 1 atom stereocenters. The number of rotatable bonds is 8. The third-order valence-electron chi connectivity index (χ3n) is 4.34. The third-order valence-corrected chi connectivity index (χ3v) is 4.34. The van der Waals surface area contributed by atoms with Gasteiger partial charge in [0.25, 0.3) is 0 Å². The molecule has 0 aromatic heterocycles. The second kappa shape index (κ2) is 7.24. The quantitative estimate of drug-likeness (QED) is 0.725. The molecule has 20 heavy (non-hydrogen) atoms. The van der Waals surface area contributed by atoms with Gasteiger partial charge in [-0.15, -0.1) is 0 Å². The van der Waals surface area contributed by atoms with Crippen LogP contribution in [0, 0.1) is 5.41 Å². The first-order chi connectivity index (χ1) is 9.67. The van der Waals surface area contributed by atoms with Gasteiger partial charge in [-0.25, -0.2) is 0 Å². The van der Waals surface area contributed by atoms with Crippen molar-refractivity contribution in [3.05, 3.63) is 35.4 Å². The van der Waals surface area contributed by atoms with Crippen LogP contribution in [0.25, 0.3) is 0 Å². The predicted molar refractivity (Wildman–Crippen MR) is 86.7 cm³/mol. The molecule has 2 nitrogen and oxygen atoms in total. The van der Waals surface area contributed by atoms with E-state index in [0.717, 1.165) is 26.2 Å².